The van der Waals surface area contributed by atoms with Crippen LogP contribution in [0.1, 0.15) is 98.8 Å². The fourth-order valence-corrected chi connectivity index (χ4v) is 3.13. The van der Waals surface area contributed by atoms with E-state index < -0.39 is 0 Å². The summed E-state index contributed by atoms with van der Waals surface area (Å²) in [4.78, 5) is 0. The summed E-state index contributed by atoms with van der Waals surface area (Å²) in [6.07, 6.45) is 13.9. The molecule has 1 heteroatoms. The van der Waals surface area contributed by atoms with E-state index in [4.69, 9.17) is 12.6 Å². The van der Waals surface area contributed by atoms with E-state index in [1.54, 1.807) is 0 Å². The van der Waals surface area contributed by atoms with Gasteiger partial charge < -0.3 is 0 Å². The lowest BCUT2D eigenvalue weighted by atomic mass is 9.79. The molecule has 0 heterocycles. The molecule has 0 saturated carbocycles. The minimum absolute atomic E-state index is 0.337. The minimum Gasteiger partial charge on any atom is -0.175 e. The van der Waals surface area contributed by atoms with Gasteiger partial charge in [0.1, 0.15) is 0 Å². The Morgan fingerprint density at radius 1 is 0.737 bits per heavy atom. The van der Waals surface area contributed by atoms with E-state index in [-0.39, 0.29) is 0 Å². The Bertz CT molecular complexity index is 180. The summed E-state index contributed by atoms with van der Waals surface area (Å²) in [5, 5.41) is 0.552. The molecular weight excluding hydrogens is 248 g/mol. The fraction of sp³-hybridized carbons (Fsp3) is 1.00. The number of unbranched alkanes of at least 4 members (excludes halogenated alkanes) is 6. The molecule has 1 unspecified atom stereocenters. The number of rotatable bonds is 11. The zero-order chi connectivity index (χ0) is 14.7. The molecule has 0 aromatic carbocycles. The van der Waals surface area contributed by atoms with E-state index in [0.29, 0.717) is 10.7 Å². The molecule has 0 aliphatic carbocycles. The summed E-state index contributed by atoms with van der Waals surface area (Å²) in [5.74, 6) is 0.817. The molecule has 0 aromatic heterocycles. The van der Waals surface area contributed by atoms with Crippen LogP contribution in [-0.4, -0.2) is 5.25 Å². The molecule has 0 nitrogen and oxygen atoms in total. The second kappa shape index (κ2) is 11.1. The molecule has 0 N–H and O–H groups in total. The summed E-state index contributed by atoms with van der Waals surface area (Å²) in [6.45, 7) is 11.6. The first-order valence-corrected chi connectivity index (χ1v) is 9.13. The van der Waals surface area contributed by atoms with E-state index in [9.17, 15) is 0 Å². The van der Waals surface area contributed by atoms with E-state index in [1.165, 1.54) is 64.2 Å². The maximum atomic E-state index is 4.96. The van der Waals surface area contributed by atoms with Crippen LogP contribution in [0, 0.1) is 11.3 Å². The molecular formula is C18H38S. The van der Waals surface area contributed by atoms with Crippen molar-refractivity contribution in [2.45, 2.75) is 104 Å². The molecule has 0 amide bonds. The van der Waals surface area contributed by atoms with Gasteiger partial charge in [-0.1, -0.05) is 86.0 Å². The number of hydrogen-bond acceptors (Lipinski definition) is 1. The van der Waals surface area contributed by atoms with Crippen LogP contribution in [0.3, 0.4) is 0 Å². The van der Waals surface area contributed by atoms with Crippen molar-refractivity contribution in [3.63, 3.8) is 0 Å². The third-order valence-corrected chi connectivity index (χ3v) is 5.39. The Hall–Kier alpha value is 0.350. The minimum atomic E-state index is 0.337. The zero-order valence-electron chi connectivity index (χ0n) is 14.2. The maximum Gasteiger partial charge on any atom is 0.00936 e. The first-order chi connectivity index (χ1) is 8.93. The molecule has 0 aliphatic rings. The van der Waals surface area contributed by atoms with Gasteiger partial charge in [0.2, 0.25) is 0 Å². The topological polar surface area (TPSA) is 0 Å². The SMILES string of the molecule is CCCCCCC(CCCCCC)C(S)C(C)(C)C. The summed E-state index contributed by atoms with van der Waals surface area (Å²) in [5.41, 5.74) is 0.337. The molecule has 19 heavy (non-hydrogen) atoms. The van der Waals surface area contributed by atoms with Crippen LogP contribution >= 0.6 is 12.6 Å². The lowest BCUT2D eigenvalue weighted by molar-refractivity contribution is 0.275. The Morgan fingerprint density at radius 2 is 1.16 bits per heavy atom. The van der Waals surface area contributed by atoms with Crippen molar-refractivity contribution in [3.05, 3.63) is 0 Å². The highest BCUT2D eigenvalue weighted by molar-refractivity contribution is 7.81. The van der Waals surface area contributed by atoms with Crippen molar-refractivity contribution >= 4 is 12.6 Å². The van der Waals surface area contributed by atoms with Crippen molar-refractivity contribution < 1.29 is 0 Å². The Kier molecular flexibility index (Phi) is 11.3. The van der Waals surface area contributed by atoms with Crippen molar-refractivity contribution in [1.29, 1.82) is 0 Å². The van der Waals surface area contributed by atoms with Crippen LogP contribution in [0.2, 0.25) is 0 Å². The van der Waals surface area contributed by atoms with Gasteiger partial charge in [-0.05, 0) is 24.2 Å². The van der Waals surface area contributed by atoms with Gasteiger partial charge in [-0.15, -0.1) is 0 Å². The molecule has 0 fully saturated rings. The third kappa shape index (κ3) is 9.82. The van der Waals surface area contributed by atoms with Gasteiger partial charge in [-0.2, -0.15) is 12.6 Å². The Balaban J connectivity index is 4.14. The van der Waals surface area contributed by atoms with Gasteiger partial charge >= 0.3 is 0 Å². The van der Waals surface area contributed by atoms with Crippen LogP contribution in [0.4, 0.5) is 0 Å². The van der Waals surface area contributed by atoms with E-state index in [1.807, 2.05) is 0 Å². The lowest BCUT2D eigenvalue weighted by Crippen LogP contribution is -2.29. The fourth-order valence-electron chi connectivity index (χ4n) is 2.83. The molecule has 0 spiro atoms. The lowest BCUT2D eigenvalue weighted by Gasteiger charge is -2.34. The van der Waals surface area contributed by atoms with Gasteiger partial charge in [-0.25, -0.2) is 0 Å². The van der Waals surface area contributed by atoms with E-state index in [0.717, 1.165) is 5.92 Å². The van der Waals surface area contributed by atoms with E-state index in [2.05, 4.69) is 34.6 Å². The summed E-state index contributed by atoms with van der Waals surface area (Å²) in [7, 11) is 0. The second-order valence-electron chi connectivity index (χ2n) is 7.27. The van der Waals surface area contributed by atoms with Gasteiger partial charge in [0.15, 0.2) is 0 Å². The standard InChI is InChI=1S/C18H38S/c1-6-8-10-12-14-16(15-13-11-9-7-2)17(19)18(3,4)5/h16-17,19H,6-15H2,1-5H3. The number of thiol groups is 1. The maximum absolute atomic E-state index is 4.96. The largest absolute Gasteiger partial charge is 0.175 e. The number of hydrogen-bond donors (Lipinski definition) is 1. The molecule has 0 radical (unpaired) electrons. The highest BCUT2D eigenvalue weighted by atomic mass is 32.1. The molecule has 0 aliphatic heterocycles. The van der Waals surface area contributed by atoms with Crippen molar-refractivity contribution in [1.82, 2.24) is 0 Å². The van der Waals surface area contributed by atoms with Crippen LogP contribution in [0.25, 0.3) is 0 Å². The molecule has 0 saturated heterocycles. The molecule has 0 rings (SSSR count). The van der Waals surface area contributed by atoms with E-state index >= 15 is 0 Å². The van der Waals surface area contributed by atoms with Crippen LogP contribution in [-0.2, 0) is 0 Å². The highest BCUT2D eigenvalue weighted by Crippen LogP contribution is 2.35. The van der Waals surface area contributed by atoms with Gasteiger partial charge in [0, 0.05) is 5.25 Å². The monoisotopic (exact) mass is 286 g/mol. The van der Waals surface area contributed by atoms with Crippen LogP contribution in [0.15, 0.2) is 0 Å². The van der Waals surface area contributed by atoms with Crippen LogP contribution in [0.5, 0.6) is 0 Å². The molecule has 1 atom stereocenters. The summed E-state index contributed by atoms with van der Waals surface area (Å²) < 4.78 is 0. The predicted molar refractivity (Wildman–Crippen MR) is 93.2 cm³/mol. The second-order valence-corrected chi connectivity index (χ2v) is 7.83. The van der Waals surface area contributed by atoms with Crippen molar-refractivity contribution in [2.75, 3.05) is 0 Å². The van der Waals surface area contributed by atoms with Gasteiger partial charge in [0.05, 0.1) is 0 Å². The molecule has 0 aromatic rings. The summed E-state index contributed by atoms with van der Waals surface area (Å²) in [6, 6.07) is 0. The Morgan fingerprint density at radius 3 is 1.47 bits per heavy atom. The van der Waals surface area contributed by atoms with Crippen molar-refractivity contribution in [3.8, 4) is 0 Å². The Labute approximate surface area is 128 Å². The molecule has 0 bridgehead atoms. The van der Waals surface area contributed by atoms with Crippen LogP contribution < -0.4 is 0 Å². The quantitative estimate of drug-likeness (QED) is 0.310. The average molecular weight is 287 g/mol. The highest BCUT2D eigenvalue weighted by Gasteiger charge is 2.28. The first-order valence-electron chi connectivity index (χ1n) is 8.61. The van der Waals surface area contributed by atoms with Gasteiger partial charge in [-0.3, -0.25) is 0 Å². The predicted octanol–water partition coefficient (Wildman–Crippen LogP) is 6.89. The van der Waals surface area contributed by atoms with Gasteiger partial charge in [0.25, 0.3) is 0 Å². The zero-order valence-corrected chi connectivity index (χ0v) is 15.1. The first kappa shape index (κ1) is 19.4. The van der Waals surface area contributed by atoms with Crippen molar-refractivity contribution in [2.24, 2.45) is 11.3 Å². The smallest absolute Gasteiger partial charge is 0.00936 e. The third-order valence-electron chi connectivity index (χ3n) is 4.19. The average Bonchev–Trinajstić information content (AvgIpc) is 2.35. The molecule has 116 valence electrons. The normalized spacial score (nSPS) is 14.1. The summed E-state index contributed by atoms with van der Waals surface area (Å²) >= 11 is 4.96.